The van der Waals surface area contributed by atoms with Crippen LogP contribution in [0.4, 0.5) is 33.5 Å². The van der Waals surface area contributed by atoms with Crippen molar-refractivity contribution >= 4 is 17.4 Å². The van der Waals surface area contributed by atoms with Crippen LogP contribution >= 0.6 is 0 Å². The van der Waals surface area contributed by atoms with Crippen molar-refractivity contribution in [3.05, 3.63) is 52.7 Å². The Morgan fingerprint density at radius 2 is 1.91 bits per heavy atom. The highest BCUT2D eigenvalue weighted by atomic mass is 19.4. The average molecular weight is 453 g/mol. The number of carbonyl (C=O) groups excluding carboxylic acids is 1. The number of aromatic nitrogens is 1. The van der Waals surface area contributed by atoms with Gasteiger partial charge >= 0.3 is 6.18 Å². The smallest absolute Gasteiger partial charge is 0.366 e. The highest BCUT2D eigenvalue weighted by Crippen LogP contribution is 2.44. The quantitative estimate of drug-likeness (QED) is 0.588. The highest BCUT2D eigenvalue weighted by molar-refractivity contribution is 5.91. The molecule has 4 nitrogen and oxygen atoms in total. The third kappa shape index (κ3) is 5.02. The molecule has 1 aliphatic carbocycles. The van der Waals surface area contributed by atoms with Gasteiger partial charge in [0.2, 0.25) is 11.8 Å². The first-order valence-electron chi connectivity index (χ1n) is 10.6. The molecule has 0 radical (unpaired) electrons. The fourth-order valence-corrected chi connectivity index (χ4v) is 4.34. The molecule has 1 aromatic carbocycles. The Hall–Kier alpha value is -2.71. The number of aryl methyl sites for hydroxylation is 2. The van der Waals surface area contributed by atoms with Crippen LogP contribution in [0.15, 0.2) is 30.3 Å². The second kappa shape index (κ2) is 8.33. The first-order chi connectivity index (χ1) is 15.0. The number of benzene rings is 1. The highest BCUT2D eigenvalue weighted by Gasteiger charge is 2.45. The molecule has 1 fully saturated rings. The van der Waals surface area contributed by atoms with E-state index in [1.165, 1.54) is 12.1 Å². The number of amides is 1. The lowest BCUT2D eigenvalue weighted by Gasteiger charge is -2.34. The van der Waals surface area contributed by atoms with E-state index in [0.717, 1.165) is 54.0 Å². The first kappa shape index (κ1) is 22.5. The maximum atomic E-state index is 13.0. The molecule has 0 spiro atoms. The van der Waals surface area contributed by atoms with E-state index < -0.39 is 17.7 Å². The van der Waals surface area contributed by atoms with E-state index in [0.29, 0.717) is 12.4 Å². The van der Waals surface area contributed by atoms with Crippen molar-refractivity contribution < 1.29 is 26.7 Å². The second-order valence-electron chi connectivity index (χ2n) is 8.72. The number of alkyl halides is 5. The van der Waals surface area contributed by atoms with E-state index in [1.807, 2.05) is 13.0 Å². The van der Waals surface area contributed by atoms with E-state index in [1.54, 1.807) is 0 Å². The van der Waals surface area contributed by atoms with Crippen molar-refractivity contribution in [2.45, 2.75) is 57.7 Å². The fourth-order valence-electron chi connectivity index (χ4n) is 4.34. The van der Waals surface area contributed by atoms with Crippen molar-refractivity contribution in [3.63, 3.8) is 0 Å². The van der Waals surface area contributed by atoms with E-state index in [-0.39, 0.29) is 31.1 Å². The van der Waals surface area contributed by atoms with E-state index >= 15 is 0 Å². The molecule has 0 unspecified atom stereocenters. The van der Waals surface area contributed by atoms with Crippen LogP contribution in [-0.2, 0) is 23.9 Å². The number of nitrogens with zero attached hydrogens (tertiary/aromatic N) is 2. The van der Waals surface area contributed by atoms with Crippen LogP contribution in [0.1, 0.15) is 48.1 Å². The lowest BCUT2D eigenvalue weighted by Crippen LogP contribution is -2.37. The van der Waals surface area contributed by atoms with Gasteiger partial charge in [0, 0.05) is 32.4 Å². The van der Waals surface area contributed by atoms with Crippen molar-refractivity contribution in [3.8, 4) is 0 Å². The molecule has 9 heteroatoms. The predicted molar refractivity (Wildman–Crippen MR) is 111 cm³/mol. The summed E-state index contributed by atoms with van der Waals surface area (Å²) in [6, 6.07) is 7.05. The Balaban J connectivity index is 1.44. The molecule has 1 N–H and O–H groups in total. The number of hydrogen-bond acceptors (Lipinski definition) is 3. The Bertz CT molecular complexity index is 996. The minimum absolute atomic E-state index is 0.0494. The molecule has 172 valence electrons. The minimum Gasteiger partial charge on any atom is -0.366 e. The van der Waals surface area contributed by atoms with Crippen LogP contribution in [0.25, 0.3) is 0 Å². The Labute approximate surface area is 182 Å². The number of anilines is 2. The van der Waals surface area contributed by atoms with Gasteiger partial charge in [-0.2, -0.15) is 13.2 Å². The third-order valence-corrected chi connectivity index (χ3v) is 6.01. The van der Waals surface area contributed by atoms with Gasteiger partial charge < -0.3 is 10.2 Å². The molecule has 0 bridgehead atoms. The first-order valence-corrected chi connectivity index (χ1v) is 10.6. The summed E-state index contributed by atoms with van der Waals surface area (Å²) in [6.45, 7) is 3.01. The van der Waals surface area contributed by atoms with Crippen molar-refractivity contribution in [2.24, 2.45) is 5.92 Å². The summed E-state index contributed by atoms with van der Waals surface area (Å²) in [7, 11) is 0. The van der Waals surface area contributed by atoms with E-state index in [2.05, 4.69) is 15.2 Å². The maximum absolute atomic E-state index is 13.0. The summed E-state index contributed by atoms with van der Waals surface area (Å²) in [5.41, 5.74) is 2.53. The van der Waals surface area contributed by atoms with Crippen LogP contribution in [0.3, 0.4) is 0 Å². The van der Waals surface area contributed by atoms with Gasteiger partial charge in [-0.1, -0.05) is 12.1 Å². The third-order valence-electron chi connectivity index (χ3n) is 6.01. The maximum Gasteiger partial charge on any atom is 0.416 e. The summed E-state index contributed by atoms with van der Waals surface area (Å²) >= 11 is 0. The van der Waals surface area contributed by atoms with Crippen molar-refractivity contribution in [1.82, 2.24) is 4.98 Å². The van der Waals surface area contributed by atoms with Crippen LogP contribution < -0.4 is 10.2 Å². The summed E-state index contributed by atoms with van der Waals surface area (Å²) in [5, 5.41) is 2.75. The number of rotatable bonds is 5. The molecule has 4 rings (SSSR count). The molecule has 2 heterocycles. The molecule has 0 saturated heterocycles. The number of hydrogen-bond donors (Lipinski definition) is 1. The summed E-state index contributed by atoms with van der Waals surface area (Å²) in [6.07, 6.45) is -3.28. The lowest BCUT2D eigenvalue weighted by atomic mass is 9.79. The SMILES string of the molecule is Cc1cc2c(nc1NC(=O)CC1CC(F)(F)C1)CCCN2Cc1ccc(C(F)(F)F)cc1. The van der Waals surface area contributed by atoms with Crippen LogP contribution in [0.2, 0.25) is 0 Å². The number of fused-ring (bicyclic) bond motifs is 1. The Morgan fingerprint density at radius 1 is 1.22 bits per heavy atom. The largest absolute Gasteiger partial charge is 0.416 e. The molecule has 1 saturated carbocycles. The van der Waals surface area contributed by atoms with Gasteiger partial charge in [-0.05, 0) is 55.0 Å². The number of pyridine rings is 1. The topological polar surface area (TPSA) is 45.2 Å². The number of halogens is 5. The zero-order valence-electron chi connectivity index (χ0n) is 17.6. The van der Waals surface area contributed by atoms with Gasteiger partial charge in [0.1, 0.15) is 5.82 Å². The Morgan fingerprint density at radius 3 is 2.53 bits per heavy atom. The van der Waals surface area contributed by atoms with Crippen LogP contribution in [-0.4, -0.2) is 23.4 Å². The van der Waals surface area contributed by atoms with Gasteiger partial charge in [-0.25, -0.2) is 13.8 Å². The zero-order valence-corrected chi connectivity index (χ0v) is 17.6. The van der Waals surface area contributed by atoms with Gasteiger partial charge in [0.15, 0.2) is 0 Å². The molecule has 1 aliphatic heterocycles. The fraction of sp³-hybridized carbons (Fsp3) is 0.478. The molecule has 32 heavy (non-hydrogen) atoms. The van der Waals surface area contributed by atoms with Gasteiger partial charge in [-0.3, -0.25) is 4.79 Å². The lowest BCUT2D eigenvalue weighted by molar-refractivity contribution is -0.137. The Kier molecular flexibility index (Phi) is 5.85. The minimum atomic E-state index is -4.36. The van der Waals surface area contributed by atoms with Crippen molar-refractivity contribution in [1.29, 1.82) is 0 Å². The van der Waals surface area contributed by atoms with E-state index in [9.17, 15) is 26.7 Å². The van der Waals surface area contributed by atoms with Crippen LogP contribution in [0.5, 0.6) is 0 Å². The van der Waals surface area contributed by atoms with Crippen molar-refractivity contribution in [2.75, 3.05) is 16.8 Å². The number of nitrogens with one attached hydrogen (secondary N) is 1. The standard InChI is InChI=1S/C23H24F5N3O/c1-14-9-19-18(29-21(14)30-20(32)10-16-11-22(24,25)12-16)3-2-8-31(19)13-15-4-6-17(7-5-15)23(26,27)28/h4-7,9,16H,2-3,8,10-13H2,1H3,(H,29,30,32). The molecular weight excluding hydrogens is 429 g/mol. The van der Waals surface area contributed by atoms with E-state index in [4.69, 9.17) is 0 Å². The molecular formula is C23H24F5N3O. The van der Waals surface area contributed by atoms with Crippen LogP contribution in [0, 0.1) is 12.8 Å². The molecule has 2 aliphatic rings. The summed E-state index contributed by atoms with van der Waals surface area (Å²) < 4.78 is 64.3. The molecule has 1 aromatic heterocycles. The summed E-state index contributed by atoms with van der Waals surface area (Å²) in [4.78, 5) is 18.9. The zero-order chi connectivity index (χ0) is 23.1. The monoisotopic (exact) mass is 453 g/mol. The van der Waals surface area contributed by atoms with Gasteiger partial charge in [-0.15, -0.1) is 0 Å². The van der Waals surface area contributed by atoms with Gasteiger partial charge in [0.05, 0.1) is 16.9 Å². The molecule has 2 aromatic rings. The second-order valence-corrected chi connectivity index (χ2v) is 8.72. The molecule has 0 atom stereocenters. The molecule has 1 amide bonds. The summed E-state index contributed by atoms with van der Waals surface area (Å²) in [5.74, 6) is -2.85. The average Bonchev–Trinajstić information content (AvgIpc) is 2.67. The predicted octanol–water partition coefficient (Wildman–Crippen LogP) is 5.74. The van der Waals surface area contributed by atoms with Gasteiger partial charge in [0.25, 0.3) is 0 Å². The normalized spacial score (nSPS) is 18.1. The number of carbonyl (C=O) groups is 1.